The van der Waals surface area contributed by atoms with Crippen LogP contribution in [0, 0.1) is 12.8 Å². The number of aromatic nitrogens is 1. The molecule has 1 atom stereocenters. The Labute approximate surface area is 99.5 Å². The average Bonchev–Trinajstić information content (AvgIpc) is 2.16. The standard InChI is InChI=1S/C14H24N2/c1-11(2)6-5-7-12(3)16-14-8-9-15-13(4)10-14/h8-12H,5-7H2,1-4H3,(H,15,16). The van der Waals surface area contributed by atoms with Crippen LogP contribution < -0.4 is 5.32 Å². The normalized spacial score (nSPS) is 12.8. The van der Waals surface area contributed by atoms with E-state index in [2.05, 4.69) is 37.1 Å². The van der Waals surface area contributed by atoms with Gasteiger partial charge in [0.2, 0.25) is 0 Å². The molecule has 0 radical (unpaired) electrons. The molecule has 0 spiro atoms. The van der Waals surface area contributed by atoms with Gasteiger partial charge in [-0.1, -0.05) is 26.7 Å². The van der Waals surface area contributed by atoms with Gasteiger partial charge in [0.05, 0.1) is 0 Å². The molecule has 0 aliphatic carbocycles. The first-order valence-electron chi connectivity index (χ1n) is 6.27. The summed E-state index contributed by atoms with van der Waals surface area (Å²) in [4.78, 5) is 4.19. The van der Waals surface area contributed by atoms with Crippen molar-refractivity contribution < 1.29 is 0 Å². The van der Waals surface area contributed by atoms with E-state index in [9.17, 15) is 0 Å². The van der Waals surface area contributed by atoms with E-state index < -0.39 is 0 Å². The zero-order valence-electron chi connectivity index (χ0n) is 11.0. The van der Waals surface area contributed by atoms with Crippen LogP contribution in [0.4, 0.5) is 5.69 Å². The summed E-state index contributed by atoms with van der Waals surface area (Å²) in [5, 5.41) is 3.52. The molecule has 0 saturated carbocycles. The number of nitrogens with one attached hydrogen (secondary N) is 1. The van der Waals surface area contributed by atoms with Gasteiger partial charge in [-0.15, -0.1) is 0 Å². The summed E-state index contributed by atoms with van der Waals surface area (Å²) in [6.45, 7) is 8.83. The van der Waals surface area contributed by atoms with Crippen molar-refractivity contribution in [2.45, 2.75) is 53.0 Å². The molecule has 16 heavy (non-hydrogen) atoms. The highest BCUT2D eigenvalue weighted by molar-refractivity contribution is 5.43. The highest BCUT2D eigenvalue weighted by Crippen LogP contribution is 2.13. The van der Waals surface area contributed by atoms with Crippen LogP contribution in [0.15, 0.2) is 18.3 Å². The van der Waals surface area contributed by atoms with Crippen molar-refractivity contribution in [2.24, 2.45) is 5.92 Å². The number of hydrogen-bond acceptors (Lipinski definition) is 2. The Hall–Kier alpha value is -1.05. The van der Waals surface area contributed by atoms with Gasteiger partial charge in [-0.2, -0.15) is 0 Å². The summed E-state index contributed by atoms with van der Waals surface area (Å²) < 4.78 is 0. The molecule has 1 aromatic rings. The van der Waals surface area contributed by atoms with Crippen LogP contribution in [0.3, 0.4) is 0 Å². The SMILES string of the molecule is Cc1cc(NC(C)CCCC(C)C)ccn1. The smallest absolute Gasteiger partial charge is 0.0393 e. The Kier molecular flexibility index (Phi) is 5.30. The van der Waals surface area contributed by atoms with Crippen molar-refractivity contribution in [3.8, 4) is 0 Å². The van der Waals surface area contributed by atoms with Gasteiger partial charge in [-0.25, -0.2) is 0 Å². The van der Waals surface area contributed by atoms with E-state index in [1.807, 2.05) is 19.2 Å². The second-order valence-corrected chi connectivity index (χ2v) is 5.06. The lowest BCUT2D eigenvalue weighted by Crippen LogP contribution is -2.15. The van der Waals surface area contributed by atoms with Crippen LogP contribution >= 0.6 is 0 Å². The second kappa shape index (κ2) is 6.51. The van der Waals surface area contributed by atoms with Crippen LogP contribution in [0.1, 0.15) is 45.7 Å². The molecule has 1 N–H and O–H groups in total. The second-order valence-electron chi connectivity index (χ2n) is 5.06. The summed E-state index contributed by atoms with van der Waals surface area (Å²) >= 11 is 0. The molecule has 1 aromatic heterocycles. The molecule has 90 valence electrons. The average molecular weight is 220 g/mol. The van der Waals surface area contributed by atoms with Gasteiger partial charge in [0.1, 0.15) is 0 Å². The molecule has 1 heterocycles. The fraction of sp³-hybridized carbons (Fsp3) is 0.643. The minimum Gasteiger partial charge on any atom is -0.382 e. The summed E-state index contributed by atoms with van der Waals surface area (Å²) in [5.41, 5.74) is 2.25. The Morgan fingerprint density at radius 1 is 1.25 bits per heavy atom. The number of anilines is 1. The number of hydrogen-bond donors (Lipinski definition) is 1. The van der Waals surface area contributed by atoms with Gasteiger partial charge in [0.15, 0.2) is 0 Å². The molecule has 1 rings (SSSR count). The van der Waals surface area contributed by atoms with Gasteiger partial charge in [-0.3, -0.25) is 4.98 Å². The highest BCUT2D eigenvalue weighted by atomic mass is 14.9. The Balaban J connectivity index is 2.31. The lowest BCUT2D eigenvalue weighted by Gasteiger charge is -2.15. The molecule has 0 aliphatic rings. The van der Waals surface area contributed by atoms with Crippen LogP contribution in [0.5, 0.6) is 0 Å². The van der Waals surface area contributed by atoms with E-state index in [1.54, 1.807) is 0 Å². The van der Waals surface area contributed by atoms with Crippen LogP contribution in [0.2, 0.25) is 0 Å². The van der Waals surface area contributed by atoms with E-state index in [0.29, 0.717) is 6.04 Å². The summed E-state index contributed by atoms with van der Waals surface area (Å²) in [6, 6.07) is 4.67. The van der Waals surface area contributed by atoms with Crippen LogP contribution in [-0.4, -0.2) is 11.0 Å². The van der Waals surface area contributed by atoms with E-state index in [1.165, 1.54) is 24.9 Å². The molecule has 1 unspecified atom stereocenters. The van der Waals surface area contributed by atoms with Crippen molar-refractivity contribution >= 4 is 5.69 Å². The number of nitrogens with zero attached hydrogens (tertiary/aromatic N) is 1. The maximum atomic E-state index is 4.19. The van der Waals surface area contributed by atoms with E-state index in [-0.39, 0.29) is 0 Å². The number of aryl methyl sites for hydroxylation is 1. The molecule has 0 bridgehead atoms. The molecule has 0 aliphatic heterocycles. The van der Waals surface area contributed by atoms with Crippen molar-refractivity contribution in [2.75, 3.05) is 5.32 Å². The molecule has 0 aromatic carbocycles. The van der Waals surface area contributed by atoms with Crippen LogP contribution in [-0.2, 0) is 0 Å². The third-order valence-electron chi connectivity index (χ3n) is 2.73. The third-order valence-corrected chi connectivity index (χ3v) is 2.73. The monoisotopic (exact) mass is 220 g/mol. The minimum atomic E-state index is 0.542. The van der Waals surface area contributed by atoms with Gasteiger partial charge in [-0.05, 0) is 38.3 Å². The van der Waals surface area contributed by atoms with Gasteiger partial charge in [0, 0.05) is 23.6 Å². The van der Waals surface area contributed by atoms with E-state index >= 15 is 0 Å². The van der Waals surface area contributed by atoms with Gasteiger partial charge in [0.25, 0.3) is 0 Å². The molecule has 0 fully saturated rings. The third kappa shape index (κ3) is 5.15. The maximum absolute atomic E-state index is 4.19. The lowest BCUT2D eigenvalue weighted by atomic mass is 10.0. The Morgan fingerprint density at radius 3 is 2.62 bits per heavy atom. The van der Waals surface area contributed by atoms with Crippen molar-refractivity contribution in [3.05, 3.63) is 24.0 Å². The van der Waals surface area contributed by atoms with Gasteiger partial charge < -0.3 is 5.32 Å². The van der Waals surface area contributed by atoms with Gasteiger partial charge >= 0.3 is 0 Å². The number of rotatable bonds is 6. The molecule has 2 heteroatoms. The maximum Gasteiger partial charge on any atom is 0.0393 e. The minimum absolute atomic E-state index is 0.542. The van der Waals surface area contributed by atoms with Crippen LogP contribution in [0.25, 0.3) is 0 Å². The molecular formula is C14H24N2. The summed E-state index contributed by atoms with van der Waals surface area (Å²) in [5.74, 6) is 0.815. The lowest BCUT2D eigenvalue weighted by molar-refractivity contribution is 0.520. The largest absolute Gasteiger partial charge is 0.382 e. The quantitative estimate of drug-likeness (QED) is 0.783. The highest BCUT2D eigenvalue weighted by Gasteiger charge is 2.03. The molecular weight excluding hydrogens is 196 g/mol. The summed E-state index contributed by atoms with van der Waals surface area (Å²) in [7, 11) is 0. The Morgan fingerprint density at radius 2 is 2.00 bits per heavy atom. The molecule has 0 amide bonds. The zero-order chi connectivity index (χ0) is 12.0. The predicted molar refractivity (Wildman–Crippen MR) is 70.7 cm³/mol. The fourth-order valence-corrected chi connectivity index (χ4v) is 1.82. The van der Waals surface area contributed by atoms with Crippen molar-refractivity contribution in [3.63, 3.8) is 0 Å². The summed E-state index contributed by atoms with van der Waals surface area (Å²) in [6.07, 6.45) is 5.72. The van der Waals surface area contributed by atoms with E-state index in [0.717, 1.165) is 11.6 Å². The van der Waals surface area contributed by atoms with E-state index in [4.69, 9.17) is 0 Å². The first-order chi connectivity index (χ1) is 7.58. The first kappa shape index (κ1) is 13.0. The van der Waals surface area contributed by atoms with Crippen molar-refractivity contribution in [1.82, 2.24) is 4.98 Å². The number of pyridine rings is 1. The molecule has 0 saturated heterocycles. The predicted octanol–water partition coefficient (Wildman–Crippen LogP) is 4.02. The molecule has 2 nitrogen and oxygen atoms in total. The topological polar surface area (TPSA) is 24.9 Å². The van der Waals surface area contributed by atoms with Crippen molar-refractivity contribution in [1.29, 1.82) is 0 Å². The first-order valence-corrected chi connectivity index (χ1v) is 6.27. The zero-order valence-corrected chi connectivity index (χ0v) is 11.0. The fourth-order valence-electron chi connectivity index (χ4n) is 1.82. The Bertz CT molecular complexity index is 307.